The quantitative estimate of drug-likeness (QED) is 0.815. The number of aliphatic hydroxyl groups is 1. The number of hydrogen-bond donors (Lipinski definition) is 2. The molecule has 25 heavy (non-hydrogen) atoms. The van der Waals surface area contributed by atoms with Gasteiger partial charge in [0.2, 0.25) is 5.60 Å². The summed E-state index contributed by atoms with van der Waals surface area (Å²) in [6.07, 6.45) is -3.32. The number of aryl methyl sites for hydroxylation is 1. The fourth-order valence-electron chi connectivity index (χ4n) is 2.29. The predicted octanol–water partition coefficient (Wildman–Crippen LogP) is 3.30. The van der Waals surface area contributed by atoms with Gasteiger partial charge in [0.1, 0.15) is 5.82 Å². The molecule has 0 radical (unpaired) electrons. The molecule has 1 amide bonds. The Kier molecular flexibility index (Phi) is 5.65. The second kappa shape index (κ2) is 7.23. The van der Waals surface area contributed by atoms with E-state index in [1.54, 1.807) is 0 Å². The minimum Gasteiger partial charge on any atom is -0.374 e. The van der Waals surface area contributed by atoms with Crippen molar-refractivity contribution in [3.8, 4) is 0 Å². The summed E-state index contributed by atoms with van der Waals surface area (Å²) in [5, 5.41) is 12.9. The molecule has 1 unspecified atom stereocenters. The molecular weight excluding hydrogens is 382 g/mol. The second-order valence-electron chi connectivity index (χ2n) is 5.38. The van der Waals surface area contributed by atoms with Gasteiger partial charge in [-0.3, -0.25) is 4.79 Å². The summed E-state index contributed by atoms with van der Waals surface area (Å²) >= 11 is 11.6. The van der Waals surface area contributed by atoms with Gasteiger partial charge in [-0.2, -0.15) is 13.2 Å². The Balaban J connectivity index is 2.12. The molecule has 0 bridgehead atoms. The van der Waals surface area contributed by atoms with Crippen molar-refractivity contribution >= 4 is 29.1 Å². The third kappa shape index (κ3) is 4.26. The molecule has 10 heteroatoms. The Labute approximate surface area is 151 Å². The smallest absolute Gasteiger partial charge is 0.374 e. The van der Waals surface area contributed by atoms with Crippen LogP contribution < -0.4 is 5.32 Å². The molecule has 2 aromatic rings. The molecule has 2 rings (SSSR count). The Morgan fingerprint density at radius 2 is 1.88 bits per heavy atom. The zero-order valence-electron chi connectivity index (χ0n) is 12.9. The predicted molar refractivity (Wildman–Crippen MR) is 86.6 cm³/mol. The maximum absolute atomic E-state index is 13.3. The Morgan fingerprint density at radius 3 is 2.36 bits per heavy atom. The minimum absolute atomic E-state index is 0.102. The lowest BCUT2D eigenvalue weighted by Gasteiger charge is -2.30. The first-order chi connectivity index (χ1) is 11.5. The number of imidazole rings is 1. The molecule has 1 aromatic heterocycles. The van der Waals surface area contributed by atoms with E-state index in [1.165, 1.54) is 31.4 Å². The van der Waals surface area contributed by atoms with Crippen molar-refractivity contribution in [1.29, 1.82) is 0 Å². The lowest BCUT2D eigenvalue weighted by Crippen LogP contribution is -2.46. The summed E-state index contributed by atoms with van der Waals surface area (Å²) in [6.45, 7) is -0.439. The molecule has 136 valence electrons. The highest BCUT2D eigenvalue weighted by Gasteiger charge is 2.57. The van der Waals surface area contributed by atoms with Gasteiger partial charge in [-0.25, -0.2) is 4.98 Å². The van der Waals surface area contributed by atoms with E-state index in [1.807, 2.05) is 0 Å². The molecule has 0 spiro atoms. The van der Waals surface area contributed by atoms with Gasteiger partial charge in [-0.15, -0.1) is 0 Å². The Bertz CT molecular complexity index is 759. The normalized spacial score (nSPS) is 14.2. The number of carbonyl (C=O) groups is 1. The maximum Gasteiger partial charge on any atom is 0.424 e. The summed E-state index contributed by atoms with van der Waals surface area (Å²) in [5.41, 5.74) is -3.09. The third-order valence-electron chi connectivity index (χ3n) is 3.56. The molecule has 1 atom stereocenters. The lowest BCUT2D eigenvalue weighted by molar-refractivity contribution is -0.272. The maximum atomic E-state index is 13.3. The number of rotatable bonds is 5. The van der Waals surface area contributed by atoms with Gasteiger partial charge in [-0.05, 0) is 18.2 Å². The average Bonchev–Trinajstić information content (AvgIpc) is 2.91. The van der Waals surface area contributed by atoms with Crippen LogP contribution in [0.3, 0.4) is 0 Å². The highest BCUT2D eigenvalue weighted by Crippen LogP contribution is 2.40. The molecule has 0 aliphatic rings. The van der Waals surface area contributed by atoms with Crippen LogP contribution in [0.5, 0.6) is 0 Å². The number of halogens is 5. The number of alkyl halides is 3. The van der Waals surface area contributed by atoms with Crippen molar-refractivity contribution in [2.75, 3.05) is 6.54 Å². The summed E-state index contributed by atoms with van der Waals surface area (Å²) in [5.74, 6) is -1.21. The number of amides is 1. The largest absolute Gasteiger partial charge is 0.424 e. The SMILES string of the molecule is Cn1ccnc1C(O)(CCNC(=O)c1cc(Cl)cc(Cl)c1)C(F)(F)F. The monoisotopic (exact) mass is 395 g/mol. The molecule has 0 saturated carbocycles. The Hall–Kier alpha value is -1.77. The van der Waals surface area contributed by atoms with E-state index in [9.17, 15) is 23.1 Å². The topological polar surface area (TPSA) is 67.2 Å². The third-order valence-corrected chi connectivity index (χ3v) is 3.99. The van der Waals surface area contributed by atoms with Crippen molar-refractivity contribution in [3.63, 3.8) is 0 Å². The van der Waals surface area contributed by atoms with Crippen LogP contribution in [0.2, 0.25) is 10.0 Å². The fraction of sp³-hybridized carbons (Fsp3) is 0.333. The van der Waals surface area contributed by atoms with Crippen LogP contribution in [0.1, 0.15) is 22.6 Å². The number of nitrogens with zero attached hydrogens (tertiary/aromatic N) is 2. The first-order valence-corrected chi connectivity index (χ1v) is 7.81. The van der Waals surface area contributed by atoms with Crippen LogP contribution in [-0.4, -0.2) is 33.3 Å². The molecule has 0 fully saturated rings. The van der Waals surface area contributed by atoms with Gasteiger partial charge in [0.05, 0.1) is 0 Å². The first-order valence-electron chi connectivity index (χ1n) is 7.06. The van der Waals surface area contributed by atoms with Crippen LogP contribution in [0, 0.1) is 0 Å². The summed E-state index contributed by atoms with van der Waals surface area (Å²) in [7, 11) is 1.34. The van der Waals surface area contributed by atoms with Crippen molar-refractivity contribution in [2.24, 2.45) is 7.05 Å². The van der Waals surface area contributed by atoms with E-state index in [0.717, 1.165) is 10.8 Å². The average molecular weight is 396 g/mol. The van der Waals surface area contributed by atoms with Crippen molar-refractivity contribution in [1.82, 2.24) is 14.9 Å². The van der Waals surface area contributed by atoms with Crippen LogP contribution in [-0.2, 0) is 12.6 Å². The molecular formula is C15H14Cl2F3N3O2. The molecule has 0 saturated heterocycles. The van der Waals surface area contributed by atoms with Crippen molar-refractivity contribution in [2.45, 2.75) is 18.2 Å². The summed E-state index contributed by atoms with van der Waals surface area (Å²) in [6, 6.07) is 4.08. The molecule has 0 aliphatic carbocycles. The number of hydrogen-bond acceptors (Lipinski definition) is 3. The van der Waals surface area contributed by atoms with Crippen molar-refractivity contribution in [3.05, 3.63) is 52.0 Å². The zero-order chi connectivity index (χ0) is 18.8. The van der Waals surface area contributed by atoms with E-state index >= 15 is 0 Å². The number of carbonyl (C=O) groups excluding carboxylic acids is 1. The molecule has 5 nitrogen and oxygen atoms in total. The van der Waals surface area contributed by atoms with Gasteiger partial charge in [0.15, 0.2) is 0 Å². The first kappa shape index (κ1) is 19.6. The second-order valence-corrected chi connectivity index (χ2v) is 6.26. The van der Waals surface area contributed by atoms with Crippen LogP contribution in [0.4, 0.5) is 13.2 Å². The fourth-order valence-corrected chi connectivity index (χ4v) is 2.81. The Morgan fingerprint density at radius 1 is 1.28 bits per heavy atom. The molecule has 2 N–H and O–H groups in total. The molecule has 1 heterocycles. The van der Waals surface area contributed by atoms with Crippen LogP contribution in [0.25, 0.3) is 0 Å². The van der Waals surface area contributed by atoms with E-state index in [-0.39, 0.29) is 15.6 Å². The molecule has 0 aliphatic heterocycles. The lowest BCUT2D eigenvalue weighted by atomic mass is 9.97. The van der Waals surface area contributed by atoms with E-state index in [0.29, 0.717) is 0 Å². The van der Waals surface area contributed by atoms with Gasteiger partial charge in [-0.1, -0.05) is 23.2 Å². The summed E-state index contributed by atoms with van der Waals surface area (Å²) in [4.78, 5) is 15.6. The van der Waals surface area contributed by atoms with Gasteiger partial charge in [0.25, 0.3) is 5.91 Å². The van der Waals surface area contributed by atoms with Crippen LogP contribution >= 0.6 is 23.2 Å². The number of benzene rings is 1. The standard InChI is InChI=1S/C15H14Cl2F3N3O2/c1-23-5-4-22-13(23)14(25,15(18,19)20)2-3-21-12(24)9-6-10(16)8-11(17)7-9/h4-8,25H,2-3H2,1H3,(H,21,24). The van der Waals surface area contributed by atoms with Gasteiger partial charge < -0.3 is 15.0 Å². The molecule has 1 aromatic carbocycles. The van der Waals surface area contributed by atoms with Gasteiger partial charge in [0, 0.05) is 48.0 Å². The number of aromatic nitrogens is 2. The number of nitrogens with one attached hydrogen (secondary N) is 1. The minimum atomic E-state index is -4.96. The zero-order valence-corrected chi connectivity index (χ0v) is 14.5. The van der Waals surface area contributed by atoms with E-state index in [2.05, 4.69) is 10.3 Å². The highest BCUT2D eigenvalue weighted by molar-refractivity contribution is 6.35. The van der Waals surface area contributed by atoms with E-state index in [4.69, 9.17) is 23.2 Å². The summed E-state index contributed by atoms with van der Waals surface area (Å²) < 4.78 is 41.1. The van der Waals surface area contributed by atoms with Crippen LogP contribution in [0.15, 0.2) is 30.6 Å². The van der Waals surface area contributed by atoms with Crippen molar-refractivity contribution < 1.29 is 23.1 Å². The van der Waals surface area contributed by atoms with Gasteiger partial charge >= 0.3 is 6.18 Å². The highest BCUT2D eigenvalue weighted by atomic mass is 35.5. The van der Waals surface area contributed by atoms with E-state index < -0.39 is 36.5 Å².